The molecule has 0 heterocycles. The van der Waals surface area contributed by atoms with Gasteiger partial charge in [0.2, 0.25) is 11.8 Å². The summed E-state index contributed by atoms with van der Waals surface area (Å²) in [6.07, 6.45) is 4.36. The quantitative estimate of drug-likeness (QED) is 0.329. The summed E-state index contributed by atoms with van der Waals surface area (Å²) in [5, 5.41) is 12.1. The van der Waals surface area contributed by atoms with E-state index in [1.165, 1.54) is 0 Å². The molecular weight excluding hydrogens is 396 g/mol. The molecule has 0 saturated carbocycles. The Bertz CT molecular complexity index is 720. The van der Waals surface area contributed by atoms with Crippen LogP contribution in [0.25, 0.3) is 0 Å². The van der Waals surface area contributed by atoms with Crippen molar-refractivity contribution in [3.63, 3.8) is 0 Å². The molecule has 1 rings (SSSR count). The summed E-state index contributed by atoms with van der Waals surface area (Å²) >= 11 is 0. The van der Waals surface area contributed by atoms with Gasteiger partial charge >= 0.3 is 5.97 Å². The van der Waals surface area contributed by atoms with E-state index in [0.29, 0.717) is 19.4 Å². The number of benzene rings is 1. The molecular formula is C24H34N2O5. The van der Waals surface area contributed by atoms with Crippen LogP contribution in [-0.2, 0) is 25.7 Å². The first-order valence-corrected chi connectivity index (χ1v) is 10.5. The fraction of sp³-hybridized carbons (Fsp3) is 0.458. The first kappa shape index (κ1) is 26.1. The van der Waals surface area contributed by atoms with Gasteiger partial charge in [0.15, 0.2) is 0 Å². The van der Waals surface area contributed by atoms with Gasteiger partial charge in [0.1, 0.15) is 6.61 Å². The predicted octanol–water partition coefficient (Wildman–Crippen LogP) is 2.60. The van der Waals surface area contributed by atoms with Gasteiger partial charge in [0.25, 0.3) is 0 Å². The lowest BCUT2D eigenvalue weighted by molar-refractivity contribution is -0.145. The van der Waals surface area contributed by atoms with Crippen LogP contribution in [0.3, 0.4) is 0 Å². The van der Waals surface area contributed by atoms with Gasteiger partial charge in [-0.25, -0.2) is 0 Å². The number of allylic oxidation sites excluding steroid dienone is 2. The molecule has 0 fully saturated rings. The maximum absolute atomic E-state index is 12.9. The van der Waals surface area contributed by atoms with Crippen LogP contribution >= 0.6 is 0 Å². The Morgan fingerprint density at radius 3 is 2.52 bits per heavy atom. The summed E-state index contributed by atoms with van der Waals surface area (Å²) in [4.78, 5) is 38.7. The van der Waals surface area contributed by atoms with E-state index >= 15 is 0 Å². The van der Waals surface area contributed by atoms with E-state index in [0.717, 1.165) is 5.56 Å². The minimum Gasteiger partial charge on any atom is -0.463 e. The SMILES string of the molecule is C=CCCC(=O)OC[C@H](C)NC(=O)[C@H](CC=C)CC(=O)N(CCO)Cc1ccccc1. The molecule has 1 aromatic rings. The lowest BCUT2D eigenvalue weighted by atomic mass is 9.98. The lowest BCUT2D eigenvalue weighted by Crippen LogP contribution is -2.42. The number of ether oxygens (including phenoxy) is 1. The van der Waals surface area contributed by atoms with Crippen molar-refractivity contribution in [1.82, 2.24) is 10.2 Å². The molecule has 0 aromatic heterocycles. The van der Waals surface area contributed by atoms with Crippen molar-refractivity contribution < 1.29 is 24.2 Å². The third kappa shape index (κ3) is 10.6. The molecule has 31 heavy (non-hydrogen) atoms. The monoisotopic (exact) mass is 430 g/mol. The van der Waals surface area contributed by atoms with Crippen LogP contribution in [0.15, 0.2) is 55.6 Å². The van der Waals surface area contributed by atoms with Gasteiger partial charge in [-0.05, 0) is 25.3 Å². The Hall–Kier alpha value is -2.93. The highest BCUT2D eigenvalue weighted by molar-refractivity contribution is 5.86. The van der Waals surface area contributed by atoms with Gasteiger partial charge in [-0.3, -0.25) is 14.4 Å². The molecule has 0 bridgehead atoms. The van der Waals surface area contributed by atoms with Crippen LogP contribution in [0, 0.1) is 5.92 Å². The zero-order valence-corrected chi connectivity index (χ0v) is 18.3. The Balaban J connectivity index is 2.65. The van der Waals surface area contributed by atoms with E-state index in [4.69, 9.17) is 4.74 Å². The third-order valence-electron chi connectivity index (χ3n) is 4.62. The standard InChI is InChI=1S/C24H34N2O5/c1-4-6-13-23(29)31-18-19(3)25-24(30)21(10-5-2)16-22(28)26(14-15-27)17-20-11-8-7-9-12-20/h4-5,7-9,11-12,19,21,27H,1-2,6,10,13-18H2,3H3,(H,25,30)/t19-,21+/m0/s1. The number of carbonyl (C=O) groups excluding carboxylic acids is 3. The molecule has 2 amide bonds. The van der Waals surface area contributed by atoms with Gasteiger partial charge in [0.05, 0.1) is 18.6 Å². The first-order chi connectivity index (χ1) is 14.9. The van der Waals surface area contributed by atoms with Gasteiger partial charge in [-0.15, -0.1) is 13.2 Å². The maximum atomic E-state index is 12.9. The minimum atomic E-state index is -0.596. The van der Waals surface area contributed by atoms with Crippen LogP contribution in [0.2, 0.25) is 0 Å². The molecule has 7 nitrogen and oxygen atoms in total. The largest absolute Gasteiger partial charge is 0.463 e. The van der Waals surface area contributed by atoms with Crippen LogP contribution in [0.5, 0.6) is 0 Å². The number of carbonyl (C=O) groups is 3. The molecule has 0 spiro atoms. The number of nitrogens with zero attached hydrogens (tertiary/aromatic N) is 1. The molecule has 1 aromatic carbocycles. The summed E-state index contributed by atoms with van der Waals surface area (Å²) in [5.74, 6) is -1.46. The Morgan fingerprint density at radius 1 is 1.19 bits per heavy atom. The van der Waals surface area contributed by atoms with Crippen LogP contribution < -0.4 is 5.32 Å². The molecule has 0 aliphatic carbocycles. The van der Waals surface area contributed by atoms with Crippen molar-refractivity contribution in [3.05, 3.63) is 61.2 Å². The number of esters is 1. The molecule has 0 unspecified atom stereocenters. The Kier molecular flexibility index (Phi) is 12.6. The summed E-state index contributed by atoms with van der Waals surface area (Å²) < 4.78 is 5.14. The van der Waals surface area contributed by atoms with Crippen molar-refractivity contribution in [2.75, 3.05) is 19.8 Å². The van der Waals surface area contributed by atoms with Gasteiger partial charge in [-0.2, -0.15) is 0 Å². The van der Waals surface area contributed by atoms with Gasteiger partial charge in [0, 0.05) is 25.9 Å². The summed E-state index contributed by atoms with van der Waals surface area (Å²) in [5.41, 5.74) is 0.945. The summed E-state index contributed by atoms with van der Waals surface area (Å²) in [6.45, 7) is 9.42. The van der Waals surface area contributed by atoms with Crippen LogP contribution in [-0.4, -0.2) is 53.6 Å². The summed E-state index contributed by atoms with van der Waals surface area (Å²) in [6, 6.07) is 9.09. The second-order valence-corrected chi connectivity index (χ2v) is 7.37. The maximum Gasteiger partial charge on any atom is 0.306 e. The van der Waals surface area contributed by atoms with Crippen molar-refractivity contribution >= 4 is 17.8 Å². The van der Waals surface area contributed by atoms with Gasteiger partial charge < -0.3 is 20.1 Å². The second-order valence-electron chi connectivity index (χ2n) is 7.37. The predicted molar refractivity (Wildman–Crippen MR) is 120 cm³/mol. The van der Waals surface area contributed by atoms with Crippen molar-refractivity contribution in [2.24, 2.45) is 5.92 Å². The van der Waals surface area contributed by atoms with E-state index in [1.807, 2.05) is 30.3 Å². The highest BCUT2D eigenvalue weighted by atomic mass is 16.5. The first-order valence-electron chi connectivity index (χ1n) is 10.5. The second kappa shape index (κ2) is 15.0. The number of aliphatic hydroxyl groups excluding tert-OH is 1. The van der Waals surface area contributed by atoms with Crippen LogP contribution in [0.1, 0.15) is 38.2 Å². The molecule has 0 radical (unpaired) electrons. The average molecular weight is 431 g/mol. The number of hydrogen-bond donors (Lipinski definition) is 2. The van der Waals surface area contributed by atoms with Crippen molar-refractivity contribution in [3.8, 4) is 0 Å². The molecule has 7 heteroatoms. The molecule has 2 N–H and O–H groups in total. The van der Waals surface area contributed by atoms with Gasteiger partial charge in [-0.1, -0.05) is 42.5 Å². The minimum absolute atomic E-state index is 0.00344. The molecule has 0 aliphatic rings. The Labute approximate surface area is 184 Å². The smallest absolute Gasteiger partial charge is 0.306 e. The van der Waals surface area contributed by atoms with E-state index in [-0.39, 0.29) is 56.4 Å². The van der Waals surface area contributed by atoms with Crippen molar-refractivity contribution in [1.29, 1.82) is 0 Å². The van der Waals surface area contributed by atoms with E-state index in [1.54, 1.807) is 24.0 Å². The number of rotatable bonds is 15. The van der Waals surface area contributed by atoms with E-state index in [2.05, 4.69) is 18.5 Å². The number of nitrogens with one attached hydrogen (secondary N) is 1. The highest BCUT2D eigenvalue weighted by Crippen LogP contribution is 2.14. The number of amides is 2. The fourth-order valence-electron chi connectivity index (χ4n) is 2.95. The molecule has 2 atom stereocenters. The lowest BCUT2D eigenvalue weighted by Gasteiger charge is -2.25. The topological polar surface area (TPSA) is 95.9 Å². The zero-order chi connectivity index (χ0) is 23.1. The molecule has 170 valence electrons. The highest BCUT2D eigenvalue weighted by Gasteiger charge is 2.25. The van der Waals surface area contributed by atoms with E-state index < -0.39 is 5.92 Å². The molecule has 0 aliphatic heterocycles. The third-order valence-corrected chi connectivity index (χ3v) is 4.62. The van der Waals surface area contributed by atoms with E-state index in [9.17, 15) is 19.5 Å². The van der Waals surface area contributed by atoms with Crippen molar-refractivity contribution in [2.45, 2.75) is 45.2 Å². The zero-order valence-electron chi connectivity index (χ0n) is 18.3. The number of aliphatic hydroxyl groups is 1. The van der Waals surface area contributed by atoms with Crippen LogP contribution in [0.4, 0.5) is 0 Å². The average Bonchev–Trinajstić information content (AvgIpc) is 2.76. The normalized spacial score (nSPS) is 12.3. The Morgan fingerprint density at radius 2 is 1.90 bits per heavy atom. The summed E-state index contributed by atoms with van der Waals surface area (Å²) in [7, 11) is 0. The molecule has 0 saturated heterocycles. The number of hydrogen-bond acceptors (Lipinski definition) is 5. The fourth-order valence-corrected chi connectivity index (χ4v) is 2.95.